The molecule has 3 N–H and O–H groups in total. The SMILES string of the molecule is Nc1nccc2c1CCC2NC(=O)c1cn(Cc2cnc(N3CC4CC4C3)nc2)nc1C(F)(F)F. The maximum Gasteiger partial charge on any atom is 0.435 e. The van der Waals surface area contributed by atoms with Crippen molar-refractivity contribution in [2.24, 2.45) is 11.8 Å². The molecule has 0 spiro atoms. The molecule has 1 amide bonds. The lowest BCUT2D eigenvalue weighted by atomic mass is 10.1. The van der Waals surface area contributed by atoms with Gasteiger partial charge in [0.2, 0.25) is 5.95 Å². The molecule has 6 rings (SSSR count). The van der Waals surface area contributed by atoms with Crippen molar-refractivity contribution in [1.29, 1.82) is 0 Å². The molecule has 2 aliphatic carbocycles. The third-order valence-electron chi connectivity index (χ3n) is 7.06. The number of aromatic nitrogens is 5. The molecule has 3 atom stereocenters. The van der Waals surface area contributed by atoms with E-state index in [2.05, 4.69) is 30.3 Å². The summed E-state index contributed by atoms with van der Waals surface area (Å²) in [6.45, 7) is 1.91. The van der Waals surface area contributed by atoms with Crippen molar-refractivity contribution in [3.63, 3.8) is 0 Å². The lowest BCUT2D eigenvalue weighted by Crippen LogP contribution is -2.28. The molecule has 2 fully saturated rings. The highest BCUT2D eigenvalue weighted by Crippen LogP contribution is 2.45. The number of carbonyl (C=O) groups excluding carboxylic acids is 1. The number of nitrogens with zero attached hydrogens (tertiary/aromatic N) is 6. The molecule has 3 aromatic heterocycles. The predicted molar refractivity (Wildman–Crippen MR) is 119 cm³/mol. The Bertz CT molecular complexity index is 1280. The number of nitrogen functional groups attached to an aromatic ring is 1. The average Bonchev–Trinajstić information content (AvgIpc) is 3.18. The molecule has 0 bridgehead atoms. The molecule has 0 radical (unpaired) electrons. The van der Waals surface area contributed by atoms with Crippen molar-refractivity contribution in [2.45, 2.75) is 38.0 Å². The number of hydrogen-bond acceptors (Lipinski definition) is 7. The number of anilines is 2. The van der Waals surface area contributed by atoms with Crippen LogP contribution in [0.15, 0.2) is 30.9 Å². The third-order valence-corrected chi connectivity index (χ3v) is 7.06. The first-order valence-electron chi connectivity index (χ1n) is 11.5. The topological polar surface area (TPSA) is 115 Å². The maximum atomic E-state index is 13.7. The first-order chi connectivity index (χ1) is 16.8. The molecule has 35 heavy (non-hydrogen) atoms. The number of rotatable bonds is 5. The van der Waals surface area contributed by atoms with Gasteiger partial charge in [0.1, 0.15) is 5.82 Å². The van der Waals surface area contributed by atoms with E-state index < -0.39 is 29.4 Å². The maximum absolute atomic E-state index is 13.7. The predicted octanol–water partition coefficient (Wildman–Crippen LogP) is 2.59. The van der Waals surface area contributed by atoms with Gasteiger partial charge in [-0.25, -0.2) is 15.0 Å². The van der Waals surface area contributed by atoms with Crippen LogP contribution in [-0.4, -0.2) is 43.7 Å². The van der Waals surface area contributed by atoms with Crippen molar-refractivity contribution in [3.05, 3.63) is 58.8 Å². The number of nitrogens with one attached hydrogen (secondary N) is 1. The third kappa shape index (κ3) is 4.06. The minimum atomic E-state index is -4.78. The van der Waals surface area contributed by atoms with Gasteiger partial charge in [0.05, 0.1) is 18.2 Å². The molecule has 12 heteroatoms. The number of carbonyl (C=O) groups is 1. The second kappa shape index (κ2) is 7.92. The number of fused-ring (bicyclic) bond motifs is 2. The first kappa shape index (κ1) is 21.8. The van der Waals surface area contributed by atoms with Crippen LogP contribution in [0, 0.1) is 11.8 Å². The number of hydrogen-bond donors (Lipinski definition) is 2. The van der Waals surface area contributed by atoms with E-state index >= 15 is 0 Å². The van der Waals surface area contributed by atoms with Gasteiger partial charge in [-0.1, -0.05) is 0 Å². The van der Waals surface area contributed by atoms with Crippen LogP contribution >= 0.6 is 0 Å². The number of amides is 1. The molecule has 3 aliphatic rings. The molecule has 182 valence electrons. The van der Waals surface area contributed by atoms with Crippen LogP contribution in [0.3, 0.4) is 0 Å². The van der Waals surface area contributed by atoms with Gasteiger partial charge in [0.25, 0.3) is 5.91 Å². The Morgan fingerprint density at radius 3 is 2.63 bits per heavy atom. The van der Waals surface area contributed by atoms with Gasteiger partial charge in [-0.15, -0.1) is 0 Å². The fourth-order valence-corrected chi connectivity index (χ4v) is 5.17. The molecular weight excluding hydrogens is 461 g/mol. The minimum Gasteiger partial charge on any atom is -0.383 e. The zero-order valence-electron chi connectivity index (χ0n) is 18.7. The smallest absolute Gasteiger partial charge is 0.383 e. The van der Waals surface area contributed by atoms with Crippen LogP contribution in [-0.2, 0) is 19.1 Å². The number of halogens is 3. The van der Waals surface area contributed by atoms with Gasteiger partial charge < -0.3 is 16.0 Å². The summed E-state index contributed by atoms with van der Waals surface area (Å²) in [5.41, 5.74) is 6.32. The lowest BCUT2D eigenvalue weighted by molar-refractivity contribution is -0.141. The van der Waals surface area contributed by atoms with Crippen LogP contribution in [0.1, 0.15) is 51.6 Å². The van der Waals surface area contributed by atoms with Crippen molar-refractivity contribution >= 4 is 17.7 Å². The molecule has 3 unspecified atom stereocenters. The Morgan fingerprint density at radius 2 is 1.91 bits per heavy atom. The average molecular weight is 484 g/mol. The van der Waals surface area contributed by atoms with E-state index in [0.717, 1.165) is 46.9 Å². The van der Waals surface area contributed by atoms with E-state index in [9.17, 15) is 18.0 Å². The highest BCUT2D eigenvalue weighted by atomic mass is 19.4. The van der Waals surface area contributed by atoms with Gasteiger partial charge in [-0.2, -0.15) is 18.3 Å². The van der Waals surface area contributed by atoms with Gasteiger partial charge in [0, 0.05) is 43.4 Å². The van der Waals surface area contributed by atoms with Crippen LogP contribution in [0.5, 0.6) is 0 Å². The Hall–Kier alpha value is -3.70. The molecule has 1 aliphatic heterocycles. The van der Waals surface area contributed by atoms with E-state index in [1.807, 2.05) is 0 Å². The molecule has 1 saturated carbocycles. The summed E-state index contributed by atoms with van der Waals surface area (Å²) in [4.78, 5) is 27.8. The van der Waals surface area contributed by atoms with Crippen molar-refractivity contribution in [2.75, 3.05) is 23.7 Å². The normalized spacial score (nSPS) is 22.7. The lowest BCUT2D eigenvalue weighted by Gasteiger charge is -2.17. The zero-order valence-corrected chi connectivity index (χ0v) is 18.7. The second-order valence-electron chi connectivity index (χ2n) is 9.47. The Labute approximate surface area is 198 Å². The van der Waals surface area contributed by atoms with Crippen LogP contribution < -0.4 is 16.0 Å². The van der Waals surface area contributed by atoms with Gasteiger partial charge >= 0.3 is 6.18 Å². The fraction of sp³-hybridized carbons (Fsp3) is 0.435. The molecule has 9 nitrogen and oxygen atoms in total. The highest BCUT2D eigenvalue weighted by Gasteiger charge is 2.45. The van der Waals surface area contributed by atoms with Crippen molar-refractivity contribution in [3.8, 4) is 0 Å². The quantitative estimate of drug-likeness (QED) is 0.572. The second-order valence-corrected chi connectivity index (χ2v) is 9.47. The van der Waals surface area contributed by atoms with E-state index in [1.165, 1.54) is 12.6 Å². The van der Waals surface area contributed by atoms with E-state index in [1.54, 1.807) is 18.5 Å². The first-order valence-corrected chi connectivity index (χ1v) is 11.5. The minimum absolute atomic E-state index is 0.0103. The fourth-order valence-electron chi connectivity index (χ4n) is 5.17. The summed E-state index contributed by atoms with van der Waals surface area (Å²) in [6.07, 6.45) is 3.45. The monoisotopic (exact) mass is 484 g/mol. The molecule has 3 aromatic rings. The molecule has 4 heterocycles. The van der Waals surface area contributed by atoms with Crippen LogP contribution in [0.25, 0.3) is 0 Å². The van der Waals surface area contributed by atoms with Crippen molar-refractivity contribution in [1.82, 2.24) is 30.0 Å². The van der Waals surface area contributed by atoms with E-state index in [4.69, 9.17) is 5.73 Å². The van der Waals surface area contributed by atoms with Gasteiger partial charge in [0.15, 0.2) is 5.69 Å². The summed E-state index contributed by atoms with van der Waals surface area (Å²) < 4.78 is 42.3. The van der Waals surface area contributed by atoms with Crippen LogP contribution in [0.4, 0.5) is 24.9 Å². The summed E-state index contributed by atoms with van der Waals surface area (Å²) >= 11 is 0. The van der Waals surface area contributed by atoms with Crippen molar-refractivity contribution < 1.29 is 18.0 Å². The highest BCUT2D eigenvalue weighted by molar-refractivity contribution is 5.95. The summed E-state index contributed by atoms with van der Waals surface area (Å²) in [6, 6.07) is 1.29. The largest absolute Gasteiger partial charge is 0.435 e. The Kier molecular flexibility index (Phi) is 4.94. The Balaban J connectivity index is 1.20. The summed E-state index contributed by atoms with van der Waals surface area (Å²) in [5.74, 6) is 1.64. The molecular formula is C23H23F3N8O. The molecule has 1 saturated heterocycles. The van der Waals surface area contributed by atoms with E-state index in [0.29, 0.717) is 30.2 Å². The standard InChI is InChI=1S/C23H23F3N8O/c24-23(25,26)19-17(21(35)31-18-2-1-16-15(18)3-4-28-20(16)27)11-34(32-19)8-12-6-29-22(30-7-12)33-9-13-5-14(13)10-33/h3-4,6-7,11,13-14,18H,1-2,5,8-10H2,(H2,27,28)(H,31,35). The van der Waals surface area contributed by atoms with Gasteiger partial charge in [-0.3, -0.25) is 9.48 Å². The number of piperidine rings is 1. The van der Waals surface area contributed by atoms with E-state index in [-0.39, 0.29) is 6.54 Å². The van der Waals surface area contributed by atoms with Crippen LogP contribution in [0.2, 0.25) is 0 Å². The number of pyridine rings is 1. The molecule has 0 aromatic carbocycles. The Morgan fingerprint density at radius 1 is 1.17 bits per heavy atom. The van der Waals surface area contributed by atoms with Gasteiger partial charge in [-0.05, 0) is 48.3 Å². The summed E-state index contributed by atoms with van der Waals surface area (Å²) in [5, 5.41) is 6.39. The summed E-state index contributed by atoms with van der Waals surface area (Å²) in [7, 11) is 0. The zero-order chi connectivity index (χ0) is 24.3. The number of alkyl halides is 3. The number of nitrogens with two attached hydrogens (primary N) is 1.